The molecule has 7 nitrogen and oxygen atoms in total. The van der Waals surface area contributed by atoms with Crippen molar-refractivity contribution < 1.29 is 23.5 Å². The van der Waals surface area contributed by atoms with Crippen molar-refractivity contribution in [1.29, 1.82) is 0 Å². The van der Waals surface area contributed by atoms with Crippen LogP contribution < -0.4 is 10.7 Å². The molecular formula is C27H26N2O5. The fourth-order valence-electron chi connectivity index (χ4n) is 4.27. The summed E-state index contributed by atoms with van der Waals surface area (Å²) in [6, 6.07) is 12.8. The molecule has 0 bridgehead atoms. The van der Waals surface area contributed by atoms with Crippen molar-refractivity contribution in [3.8, 4) is 22.5 Å². The number of fused-ring (bicyclic) bond motifs is 2. The Labute approximate surface area is 197 Å². The maximum Gasteiger partial charge on any atom is 0.338 e. The van der Waals surface area contributed by atoms with Crippen LogP contribution >= 0.6 is 0 Å². The number of rotatable bonds is 4. The third kappa shape index (κ3) is 3.79. The van der Waals surface area contributed by atoms with Gasteiger partial charge in [0.25, 0.3) is 0 Å². The quantitative estimate of drug-likeness (QED) is 0.343. The summed E-state index contributed by atoms with van der Waals surface area (Å²) in [6.45, 7) is 3.98. The van der Waals surface area contributed by atoms with E-state index >= 15 is 0 Å². The second-order valence-corrected chi connectivity index (χ2v) is 7.99. The first-order valence-electron chi connectivity index (χ1n) is 10.8. The largest absolute Gasteiger partial charge is 0.465 e. The Morgan fingerprint density at radius 3 is 2.29 bits per heavy atom. The summed E-state index contributed by atoms with van der Waals surface area (Å²) in [7, 11) is 6.21. The molecule has 7 heteroatoms. The molecule has 0 saturated heterocycles. The molecule has 34 heavy (non-hydrogen) atoms. The molecule has 2 aromatic carbocycles. The van der Waals surface area contributed by atoms with E-state index in [0.29, 0.717) is 16.9 Å². The first-order chi connectivity index (χ1) is 16.3. The first kappa shape index (κ1) is 23.0. The Bertz CT molecular complexity index is 1480. The van der Waals surface area contributed by atoms with E-state index in [4.69, 9.17) is 13.9 Å². The molecule has 0 fully saturated rings. The van der Waals surface area contributed by atoms with Gasteiger partial charge in [-0.15, -0.1) is 0 Å². The Hall–Kier alpha value is -4.13. The maximum absolute atomic E-state index is 12.9. The van der Waals surface area contributed by atoms with Crippen molar-refractivity contribution in [3.63, 3.8) is 0 Å². The zero-order chi connectivity index (χ0) is 24.6. The van der Waals surface area contributed by atoms with Gasteiger partial charge in [0.2, 0.25) is 0 Å². The summed E-state index contributed by atoms with van der Waals surface area (Å²) in [5.41, 5.74) is 6.36. The van der Waals surface area contributed by atoms with Crippen LogP contribution in [0.4, 0.5) is 5.69 Å². The standard InChI is InChI=1S/C27H26N2O5/c1-14-9-19-23(12-21(14)28-3)34-24-13-22(29-4)15(2)10-20(24)25(19)17-8-7-16(26(30)32-5)11-18(17)27(31)33-6/h7-13,28H,1-6H3. The normalized spacial score (nSPS) is 11.6. The lowest BCUT2D eigenvalue weighted by atomic mass is 9.88. The number of hydrogen-bond acceptors (Lipinski definition) is 7. The molecule has 0 saturated carbocycles. The maximum atomic E-state index is 12.9. The molecular weight excluding hydrogens is 432 g/mol. The number of benzene rings is 3. The zero-order valence-electron chi connectivity index (χ0n) is 20.0. The van der Waals surface area contributed by atoms with Gasteiger partial charge in [-0.2, -0.15) is 0 Å². The van der Waals surface area contributed by atoms with Crippen molar-refractivity contribution in [3.05, 3.63) is 70.1 Å². The van der Waals surface area contributed by atoms with E-state index in [1.165, 1.54) is 20.3 Å². The van der Waals surface area contributed by atoms with Crippen LogP contribution in [0.5, 0.6) is 0 Å². The molecule has 1 heterocycles. The molecule has 1 aliphatic heterocycles. The Kier molecular flexibility index (Phi) is 6.11. The van der Waals surface area contributed by atoms with Gasteiger partial charge in [0, 0.05) is 48.4 Å². The fourth-order valence-corrected chi connectivity index (χ4v) is 4.27. The highest BCUT2D eigenvalue weighted by Crippen LogP contribution is 2.43. The van der Waals surface area contributed by atoms with Gasteiger partial charge in [-0.05, 0) is 54.8 Å². The number of esters is 2. The van der Waals surface area contributed by atoms with Gasteiger partial charge in [-0.25, -0.2) is 9.59 Å². The molecule has 174 valence electrons. The highest BCUT2D eigenvalue weighted by Gasteiger charge is 2.24. The summed E-state index contributed by atoms with van der Waals surface area (Å²) in [4.78, 5) is 29.4. The van der Waals surface area contributed by atoms with Crippen LogP contribution in [0, 0.1) is 13.8 Å². The second kappa shape index (κ2) is 9.02. The second-order valence-electron chi connectivity index (χ2n) is 7.99. The van der Waals surface area contributed by atoms with Crippen molar-refractivity contribution in [2.75, 3.05) is 33.6 Å². The van der Waals surface area contributed by atoms with Gasteiger partial charge in [0.15, 0.2) is 0 Å². The number of nitrogens with one attached hydrogen (secondary N) is 1. The summed E-state index contributed by atoms with van der Waals surface area (Å²) < 4.78 is 16.2. The highest BCUT2D eigenvalue weighted by molar-refractivity contribution is 6.09. The van der Waals surface area contributed by atoms with Crippen LogP contribution in [0.15, 0.2) is 51.9 Å². The molecule has 1 N–H and O–H groups in total. The van der Waals surface area contributed by atoms with Gasteiger partial charge >= 0.3 is 11.9 Å². The molecule has 0 amide bonds. The SMILES string of the molecule is CN=c1cc2oc3cc(NC)c(C)cc3c(-c3ccc(C(=O)OC)cc3C(=O)OC)c-2cc1C. The predicted molar refractivity (Wildman–Crippen MR) is 131 cm³/mol. The van der Waals surface area contributed by atoms with E-state index in [1.807, 2.05) is 45.2 Å². The van der Waals surface area contributed by atoms with Crippen LogP contribution in [-0.2, 0) is 9.47 Å². The summed E-state index contributed by atoms with van der Waals surface area (Å²) in [5, 5.41) is 4.84. The summed E-state index contributed by atoms with van der Waals surface area (Å²) >= 11 is 0. The molecule has 0 radical (unpaired) electrons. The number of nitrogens with zero attached hydrogens (tertiary/aromatic N) is 1. The molecule has 2 aromatic rings. The number of carbonyl (C=O) groups is 2. The molecule has 4 rings (SSSR count). The predicted octanol–water partition coefficient (Wildman–Crippen LogP) is 4.97. The average Bonchev–Trinajstić information content (AvgIpc) is 2.85. The third-order valence-corrected chi connectivity index (χ3v) is 6.01. The third-order valence-electron chi connectivity index (χ3n) is 6.01. The number of ether oxygens (including phenoxy) is 2. The topological polar surface area (TPSA) is 90.1 Å². The Morgan fingerprint density at radius 2 is 1.65 bits per heavy atom. The van der Waals surface area contributed by atoms with Gasteiger partial charge in [0.1, 0.15) is 11.3 Å². The summed E-state index contributed by atoms with van der Waals surface area (Å²) in [5.74, 6) is -0.454. The number of aryl methyl sites for hydroxylation is 2. The lowest BCUT2D eigenvalue weighted by molar-refractivity contribution is 0.0600. The van der Waals surface area contributed by atoms with Crippen LogP contribution in [0.25, 0.3) is 33.4 Å². The number of hydrogen-bond donors (Lipinski definition) is 1. The Balaban J connectivity index is 2.20. The Morgan fingerprint density at radius 1 is 0.912 bits per heavy atom. The highest BCUT2D eigenvalue weighted by atomic mass is 16.5. The van der Waals surface area contributed by atoms with E-state index < -0.39 is 11.9 Å². The smallest absolute Gasteiger partial charge is 0.338 e. The van der Waals surface area contributed by atoms with Crippen LogP contribution in [0.2, 0.25) is 0 Å². The zero-order valence-corrected chi connectivity index (χ0v) is 20.0. The van der Waals surface area contributed by atoms with E-state index in [1.54, 1.807) is 19.2 Å². The van der Waals surface area contributed by atoms with Gasteiger partial charge in [-0.1, -0.05) is 6.07 Å². The van der Waals surface area contributed by atoms with E-state index in [2.05, 4.69) is 10.3 Å². The molecule has 1 aliphatic carbocycles. The minimum atomic E-state index is -0.552. The first-order valence-corrected chi connectivity index (χ1v) is 10.8. The van der Waals surface area contributed by atoms with Crippen molar-refractivity contribution in [2.45, 2.75) is 13.8 Å². The summed E-state index contributed by atoms with van der Waals surface area (Å²) in [6.07, 6.45) is 0. The van der Waals surface area contributed by atoms with Gasteiger partial charge in [0.05, 0.1) is 30.7 Å². The number of anilines is 1. The van der Waals surface area contributed by atoms with Crippen molar-refractivity contribution in [1.82, 2.24) is 0 Å². The molecule has 0 atom stereocenters. The lowest BCUT2D eigenvalue weighted by Gasteiger charge is -2.19. The molecule has 0 spiro atoms. The minimum Gasteiger partial charge on any atom is -0.465 e. The van der Waals surface area contributed by atoms with Crippen LogP contribution in [0.3, 0.4) is 0 Å². The van der Waals surface area contributed by atoms with Crippen molar-refractivity contribution in [2.24, 2.45) is 4.99 Å². The minimum absolute atomic E-state index is 0.261. The lowest BCUT2D eigenvalue weighted by Crippen LogP contribution is -2.10. The molecule has 0 aromatic heterocycles. The monoisotopic (exact) mass is 458 g/mol. The average molecular weight is 459 g/mol. The van der Waals surface area contributed by atoms with E-state index in [-0.39, 0.29) is 11.1 Å². The van der Waals surface area contributed by atoms with Gasteiger partial charge in [-0.3, -0.25) is 4.99 Å². The van der Waals surface area contributed by atoms with Gasteiger partial charge < -0.3 is 19.2 Å². The van der Waals surface area contributed by atoms with Crippen LogP contribution in [-0.4, -0.2) is 40.3 Å². The molecule has 0 unspecified atom stereocenters. The fraction of sp³-hybridized carbons (Fsp3) is 0.222. The van der Waals surface area contributed by atoms with Crippen molar-refractivity contribution >= 4 is 28.6 Å². The van der Waals surface area contributed by atoms with E-state index in [9.17, 15) is 9.59 Å². The van der Waals surface area contributed by atoms with Crippen LogP contribution in [0.1, 0.15) is 31.8 Å². The van der Waals surface area contributed by atoms with E-state index in [0.717, 1.165) is 38.7 Å². The number of carbonyl (C=O) groups excluding carboxylic acids is 2. The number of methoxy groups -OCH3 is 2. The molecule has 2 aliphatic rings.